The fourth-order valence-electron chi connectivity index (χ4n) is 3.91. The van der Waals surface area contributed by atoms with Crippen molar-refractivity contribution in [2.24, 2.45) is 5.92 Å². The maximum Gasteiger partial charge on any atom is 0.253 e. The number of hydrogen-bond acceptors (Lipinski definition) is 5. The Hall–Kier alpha value is -1.96. The van der Waals surface area contributed by atoms with Crippen molar-refractivity contribution in [3.05, 3.63) is 35.9 Å². The predicted octanol–water partition coefficient (Wildman–Crippen LogP) is 0.405. The number of aliphatic hydroxyl groups is 1. The van der Waals surface area contributed by atoms with E-state index in [0.717, 1.165) is 38.0 Å². The highest BCUT2D eigenvalue weighted by atomic mass is 16.5. The third kappa shape index (κ3) is 5.06. The zero-order valence-corrected chi connectivity index (χ0v) is 15.8. The van der Waals surface area contributed by atoms with Crippen LogP contribution in [0, 0.1) is 5.92 Å². The summed E-state index contributed by atoms with van der Waals surface area (Å²) in [4.78, 5) is 28.8. The van der Waals surface area contributed by atoms with Crippen LogP contribution in [-0.4, -0.2) is 79.3 Å². The smallest absolute Gasteiger partial charge is 0.253 e. The van der Waals surface area contributed by atoms with Gasteiger partial charge in [0.2, 0.25) is 5.91 Å². The molecule has 0 aliphatic carbocycles. The summed E-state index contributed by atoms with van der Waals surface area (Å²) in [5, 5.41) is 11.9. The molecule has 0 bridgehead atoms. The fourth-order valence-corrected chi connectivity index (χ4v) is 3.91. The maximum atomic E-state index is 13.0. The molecule has 1 aromatic carbocycles. The second kappa shape index (κ2) is 9.30. The van der Waals surface area contributed by atoms with Crippen molar-refractivity contribution in [2.75, 3.05) is 46.4 Å². The molecular formula is C20H29N3O4. The number of morpholine rings is 1. The molecule has 2 atom stereocenters. The van der Waals surface area contributed by atoms with Gasteiger partial charge in [-0.05, 0) is 37.4 Å². The molecule has 0 spiro atoms. The average Bonchev–Trinajstić information content (AvgIpc) is 2.70. The number of rotatable bonds is 6. The van der Waals surface area contributed by atoms with Gasteiger partial charge >= 0.3 is 0 Å². The molecule has 2 aliphatic rings. The number of likely N-dealkylation sites (N-methyl/N-ethyl adjacent to an activating group) is 1. The lowest BCUT2D eigenvalue weighted by Crippen LogP contribution is -2.53. The molecule has 7 heteroatoms. The Labute approximate surface area is 160 Å². The van der Waals surface area contributed by atoms with Crippen molar-refractivity contribution in [3.63, 3.8) is 0 Å². The van der Waals surface area contributed by atoms with Gasteiger partial charge in [0.25, 0.3) is 5.91 Å². The minimum Gasteiger partial charge on any atom is -0.395 e. The van der Waals surface area contributed by atoms with Crippen LogP contribution in [0.25, 0.3) is 0 Å². The number of aliphatic hydroxyl groups excluding tert-OH is 1. The van der Waals surface area contributed by atoms with Crippen LogP contribution in [0.1, 0.15) is 24.4 Å². The first-order chi connectivity index (χ1) is 13.1. The monoisotopic (exact) mass is 375 g/mol. The molecule has 0 radical (unpaired) electrons. The molecule has 2 aliphatic heterocycles. The molecule has 2 heterocycles. The number of carbonyl (C=O) groups is 2. The molecule has 148 valence electrons. The zero-order chi connectivity index (χ0) is 19.2. The van der Waals surface area contributed by atoms with E-state index in [1.807, 2.05) is 37.4 Å². The summed E-state index contributed by atoms with van der Waals surface area (Å²) < 4.78 is 5.64. The van der Waals surface area contributed by atoms with E-state index in [-0.39, 0.29) is 25.0 Å². The lowest BCUT2D eigenvalue weighted by Gasteiger charge is -2.37. The quantitative estimate of drug-likeness (QED) is 0.752. The van der Waals surface area contributed by atoms with Crippen molar-refractivity contribution >= 4 is 11.8 Å². The molecule has 2 saturated heterocycles. The number of ether oxygens (including phenoxy) is 1. The summed E-state index contributed by atoms with van der Waals surface area (Å²) in [6.07, 6.45) is 1.33. The standard InChI is InChI=1S/C20H29N3O4/c1-22(13-15-7-9-23(10-8-15)11-12-24)20(26)19-18(21-17(25)14-27-19)16-5-3-2-4-6-16/h2-6,15,18-19,24H,7-14H2,1H3,(H,21,25)/t18-,19+/m1/s1. The van der Waals surface area contributed by atoms with Crippen LogP contribution >= 0.6 is 0 Å². The van der Waals surface area contributed by atoms with Crippen LogP contribution in [0.5, 0.6) is 0 Å². The van der Waals surface area contributed by atoms with E-state index in [2.05, 4.69) is 10.2 Å². The summed E-state index contributed by atoms with van der Waals surface area (Å²) in [6, 6.07) is 9.02. The van der Waals surface area contributed by atoms with Crippen molar-refractivity contribution in [1.29, 1.82) is 0 Å². The van der Waals surface area contributed by atoms with Crippen molar-refractivity contribution in [3.8, 4) is 0 Å². The molecule has 1 aromatic rings. The minimum absolute atomic E-state index is 0.0902. The number of likely N-dealkylation sites (tertiary alicyclic amines) is 1. The molecule has 2 amide bonds. The average molecular weight is 375 g/mol. The molecular weight excluding hydrogens is 346 g/mol. The third-order valence-electron chi connectivity index (χ3n) is 5.45. The van der Waals surface area contributed by atoms with Gasteiger partial charge in [-0.25, -0.2) is 0 Å². The van der Waals surface area contributed by atoms with Crippen LogP contribution in [-0.2, 0) is 14.3 Å². The molecule has 2 fully saturated rings. The van der Waals surface area contributed by atoms with Crippen LogP contribution in [0.2, 0.25) is 0 Å². The SMILES string of the molecule is CN(CC1CCN(CCO)CC1)C(=O)[C@H]1OCC(=O)N[C@@H]1c1ccccc1. The van der Waals surface area contributed by atoms with E-state index in [4.69, 9.17) is 9.84 Å². The van der Waals surface area contributed by atoms with Gasteiger partial charge in [0.1, 0.15) is 6.61 Å². The van der Waals surface area contributed by atoms with Crippen molar-refractivity contribution < 1.29 is 19.4 Å². The Morgan fingerprint density at radius 3 is 2.67 bits per heavy atom. The van der Waals surface area contributed by atoms with E-state index in [9.17, 15) is 9.59 Å². The summed E-state index contributed by atoms with van der Waals surface area (Å²) >= 11 is 0. The van der Waals surface area contributed by atoms with Crippen LogP contribution in [0.4, 0.5) is 0 Å². The van der Waals surface area contributed by atoms with E-state index >= 15 is 0 Å². The second-order valence-corrected chi connectivity index (χ2v) is 7.41. The third-order valence-corrected chi connectivity index (χ3v) is 5.45. The van der Waals surface area contributed by atoms with Gasteiger partial charge in [0.15, 0.2) is 6.10 Å². The summed E-state index contributed by atoms with van der Waals surface area (Å²) in [6.45, 7) is 3.41. The Balaban J connectivity index is 1.60. The van der Waals surface area contributed by atoms with Crippen LogP contribution in [0.15, 0.2) is 30.3 Å². The summed E-state index contributed by atoms with van der Waals surface area (Å²) in [5.74, 6) is 0.149. The largest absolute Gasteiger partial charge is 0.395 e. The van der Waals surface area contributed by atoms with Crippen molar-refractivity contribution in [2.45, 2.75) is 25.0 Å². The Kier molecular flexibility index (Phi) is 6.82. The molecule has 0 unspecified atom stereocenters. The second-order valence-electron chi connectivity index (χ2n) is 7.41. The van der Waals surface area contributed by atoms with Gasteiger partial charge in [0, 0.05) is 20.1 Å². The number of amides is 2. The van der Waals surface area contributed by atoms with E-state index in [0.29, 0.717) is 12.5 Å². The summed E-state index contributed by atoms with van der Waals surface area (Å²) in [5.41, 5.74) is 0.870. The maximum absolute atomic E-state index is 13.0. The first-order valence-electron chi connectivity index (χ1n) is 9.62. The number of carbonyl (C=O) groups excluding carboxylic acids is 2. The van der Waals surface area contributed by atoms with Gasteiger partial charge < -0.3 is 25.0 Å². The molecule has 3 rings (SSSR count). The minimum atomic E-state index is -0.704. The fraction of sp³-hybridized carbons (Fsp3) is 0.600. The molecule has 0 saturated carbocycles. The van der Waals surface area contributed by atoms with E-state index in [1.54, 1.807) is 4.90 Å². The van der Waals surface area contributed by atoms with Gasteiger partial charge in [-0.3, -0.25) is 9.59 Å². The number of β-amino-alcohol motifs (C(OH)–C–C–N with tert-alkyl or cyclic N) is 1. The molecule has 0 aromatic heterocycles. The zero-order valence-electron chi connectivity index (χ0n) is 15.8. The highest BCUT2D eigenvalue weighted by Crippen LogP contribution is 2.25. The van der Waals surface area contributed by atoms with Gasteiger partial charge in [-0.15, -0.1) is 0 Å². The number of piperidine rings is 1. The van der Waals surface area contributed by atoms with E-state index in [1.165, 1.54) is 0 Å². The van der Waals surface area contributed by atoms with Gasteiger partial charge in [0.05, 0.1) is 12.6 Å². The lowest BCUT2D eigenvalue weighted by molar-refractivity contribution is -0.154. The first kappa shape index (κ1) is 19.8. The topological polar surface area (TPSA) is 82.1 Å². The van der Waals surface area contributed by atoms with Gasteiger partial charge in [-0.2, -0.15) is 0 Å². The number of nitrogens with one attached hydrogen (secondary N) is 1. The first-order valence-corrected chi connectivity index (χ1v) is 9.62. The Morgan fingerprint density at radius 2 is 2.00 bits per heavy atom. The molecule has 2 N–H and O–H groups in total. The van der Waals surface area contributed by atoms with Crippen molar-refractivity contribution in [1.82, 2.24) is 15.1 Å². The van der Waals surface area contributed by atoms with Gasteiger partial charge in [-0.1, -0.05) is 30.3 Å². The molecule has 7 nitrogen and oxygen atoms in total. The normalized spacial score (nSPS) is 24.4. The van der Waals surface area contributed by atoms with Crippen LogP contribution in [0.3, 0.4) is 0 Å². The van der Waals surface area contributed by atoms with Crippen LogP contribution < -0.4 is 5.32 Å². The molecule has 27 heavy (non-hydrogen) atoms. The number of nitrogens with zero attached hydrogens (tertiary/aromatic N) is 2. The number of hydrogen-bond donors (Lipinski definition) is 2. The highest BCUT2D eigenvalue weighted by molar-refractivity contribution is 5.86. The van der Waals surface area contributed by atoms with E-state index < -0.39 is 12.1 Å². The Morgan fingerprint density at radius 1 is 1.30 bits per heavy atom. The summed E-state index contributed by atoms with van der Waals surface area (Å²) in [7, 11) is 1.81. The predicted molar refractivity (Wildman–Crippen MR) is 101 cm³/mol. The Bertz CT molecular complexity index is 631. The highest BCUT2D eigenvalue weighted by Gasteiger charge is 2.38. The lowest BCUT2D eigenvalue weighted by atomic mass is 9.95. The number of benzene rings is 1.